The van der Waals surface area contributed by atoms with Crippen molar-refractivity contribution in [3.8, 4) is 17.2 Å². The normalized spacial score (nSPS) is 18.7. The van der Waals surface area contributed by atoms with E-state index in [1.165, 1.54) is 31.2 Å². The Morgan fingerprint density at radius 2 is 1.46 bits per heavy atom. The summed E-state index contributed by atoms with van der Waals surface area (Å²) in [6.07, 6.45) is 7.32. The van der Waals surface area contributed by atoms with Crippen LogP contribution in [0.15, 0.2) is 12.1 Å². The van der Waals surface area contributed by atoms with E-state index in [0.29, 0.717) is 29.3 Å². The van der Waals surface area contributed by atoms with Crippen LogP contribution in [-0.2, 0) is 6.54 Å². The second-order valence-corrected chi connectivity index (χ2v) is 8.09. The van der Waals surface area contributed by atoms with E-state index in [1.807, 2.05) is 12.1 Å². The number of hydrogen-bond acceptors (Lipinski definition) is 5. The molecular weight excluding hydrogens is 374 g/mol. The highest BCUT2D eigenvalue weighted by Gasteiger charge is 2.22. The van der Waals surface area contributed by atoms with Crippen molar-refractivity contribution >= 4 is 17.3 Å². The molecule has 1 saturated heterocycles. The zero-order valence-electron chi connectivity index (χ0n) is 17.3. The number of hydrogen-bond donors (Lipinski definition) is 2. The topological polar surface area (TPSA) is 55.0 Å². The molecule has 0 bridgehead atoms. The predicted octanol–water partition coefficient (Wildman–Crippen LogP) is 3.08. The number of rotatable bonds is 7. The van der Waals surface area contributed by atoms with Crippen LogP contribution < -0.4 is 24.8 Å². The van der Waals surface area contributed by atoms with Crippen molar-refractivity contribution < 1.29 is 14.2 Å². The molecule has 3 rings (SSSR count). The Morgan fingerprint density at radius 3 is 1.96 bits per heavy atom. The van der Waals surface area contributed by atoms with Gasteiger partial charge < -0.3 is 24.8 Å². The molecule has 1 heterocycles. The molecule has 1 saturated carbocycles. The molecule has 2 N–H and O–H groups in total. The standard InChI is InChI=1S/C21H33N3O3S/c1-25-18-12-15(13-19(26-2)20(18)27-3)14-24-10-8-17(9-11-24)23-21(28)22-16-6-4-5-7-16/h12-13,16-17H,4-11,14H2,1-3H3,(H2,22,23,28). The smallest absolute Gasteiger partial charge is 0.203 e. The number of piperidine rings is 1. The van der Waals surface area contributed by atoms with Crippen molar-refractivity contribution in [1.82, 2.24) is 15.5 Å². The lowest BCUT2D eigenvalue weighted by atomic mass is 10.0. The van der Waals surface area contributed by atoms with Gasteiger partial charge in [0.25, 0.3) is 0 Å². The van der Waals surface area contributed by atoms with Crippen molar-refractivity contribution in [3.63, 3.8) is 0 Å². The lowest BCUT2D eigenvalue weighted by molar-refractivity contribution is 0.198. The fraction of sp³-hybridized carbons (Fsp3) is 0.667. The zero-order valence-corrected chi connectivity index (χ0v) is 18.1. The summed E-state index contributed by atoms with van der Waals surface area (Å²) in [5.41, 5.74) is 1.17. The summed E-state index contributed by atoms with van der Waals surface area (Å²) in [4.78, 5) is 2.46. The first kappa shape index (κ1) is 21.0. The minimum absolute atomic E-state index is 0.456. The van der Waals surface area contributed by atoms with E-state index in [2.05, 4.69) is 15.5 Å². The summed E-state index contributed by atoms with van der Waals surface area (Å²) in [7, 11) is 4.94. The molecule has 7 heteroatoms. The molecule has 1 aliphatic carbocycles. The maximum Gasteiger partial charge on any atom is 0.203 e. The van der Waals surface area contributed by atoms with Gasteiger partial charge in [0.15, 0.2) is 16.6 Å². The number of likely N-dealkylation sites (tertiary alicyclic amines) is 1. The van der Waals surface area contributed by atoms with Crippen LogP contribution in [0.5, 0.6) is 17.2 Å². The fourth-order valence-electron chi connectivity index (χ4n) is 4.20. The minimum Gasteiger partial charge on any atom is -0.493 e. The second-order valence-electron chi connectivity index (χ2n) is 7.68. The molecule has 0 amide bonds. The van der Waals surface area contributed by atoms with E-state index in [1.54, 1.807) is 21.3 Å². The molecule has 156 valence electrons. The predicted molar refractivity (Wildman–Crippen MR) is 116 cm³/mol. The minimum atomic E-state index is 0.456. The SMILES string of the molecule is COc1cc(CN2CCC(NC(=S)NC3CCCC3)CC2)cc(OC)c1OC. The van der Waals surface area contributed by atoms with Gasteiger partial charge in [-0.1, -0.05) is 12.8 Å². The first-order valence-corrected chi connectivity index (χ1v) is 10.6. The molecule has 1 aromatic rings. The average Bonchev–Trinajstić information content (AvgIpc) is 3.21. The Balaban J connectivity index is 1.49. The van der Waals surface area contributed by atoms with Crippen LogP contribution in [0.1, 0.15) is 44.1 Å². The first-order chi connectivity index (χ1) is 13.6. The van der Waals surface area contributed by atoms with Crippen molar-refractivity contribution in [1.29, 1.82) is 0 Å². The van der Waals surface area contributed by atoms with Gasteiger partial charge in [-0.3, -0.25) is 4.90 Å². The third kappa shape index (κ3) is 5.41. The van der Waals surface area contributed by atoms with Gasteiger partial charge in [0.05, 0.1) is 21.3 Å². The van der Waals surface area contributed by atoms with Gasteiger partial charge in [-0.05, 0) is 55.6 Å². The lowest BCUT2D eigenvalue weighted by Gasteiger charge is -2.33. The summed E-state index contributed by atoms with van der Waals surface area (Å²) in [6, 6.07) is 5.09. The molecule has 1 aromatic carbocycles. The van der Waals surface area contributed by atoms with E-state index >= 15 is 0 Å². The Labute approximate surface area is 173 Å². The maximum absolute atomic E-state index is 5.51. The first-order valence-electron chi connectivity index (χ1n) is 10.2. The largest absolute Gasteiger partial charge is 0.493 e. The van der Waals surface area contributed by atoms with E-state index in [-0.39, 0.29) is 0 Å². The highest BCUT2D eigenvalue weighted by atomic mass is 32.1. The highest BCUT2D eigenvalue weighted by Crippen LogP contribution is 2.38. The summed E-state index contributed by atoms with van der Waals surface area (Å²) < 4.78 is 16.3. The van der Waals surface area contributed by atoms with E-state index in [4.69, 9.17) is 26.4 Å². The lowest BCUT2D eigenvalue weighted by Crippen LogP contribution is -2.49. The van der Waals surface area contributed by atoms with E-state index in [9.17, 15) is 0 Å². The molecule has 0 spiro atoms. The van der Waals surface area contributed by atoms with Gasteiger partial charge >= 0.3 is 0 Å². The quantitative estimate of drug-likeness (QED) is 0.674. The van der Waals surface area contributed by atoms with Crippen molar-refractivity contribution in [2.24, 2.45) is 0 Å². The molecule has 1 aliphatic heterocycles. The summed E-state index contributed by atoms with van der Waals surface area (Å²) in [5, 5.41) is 7.83. The Bertz CT molecular complexity index is 631. The fourth-order valence-corrected chi connectivity index (χ4v) is 4.54. The number of benzene rings is 1. The van der Waals surface area contributed by atoms with Crippen LogP contribution in [0.4, 0.5) is 0 Å². The second kappa shape index (κ2) is 10.2. The third-order valence-corrected chi connectivity index (χ3v) is 5.98. The third-order valence-electron chi connectivity index (χ3n) is 5.74. The van der Waals surface area contributed by atoms with E-state index < -0.39 is 0 Å². The van der Waals surface area contributed by atoms with Crippen LogP contribution >= 0.6 is 12.2 Å². The van der Waals surface area contributed by atoms with Gasteiger partial charge in [-0.15, -0.1) is 0 Å². The average molecular weight is 408 g/mol. The molecule has 0 atom stereocenters. The molecule has 0 aromatic heterocycles. The van der Waals surface area contributed by atoms with Gasteiger partial charge in [0.1, 0.15) is 0 Å². The maximum atomic E-state index is 5.51. The molecule has 6 nitrogen and oxygen atoms in total. The molecule has 0 radical (unpaired) electrons. The molecule has 0 unspecified atom stereocenters. The zero-order chi connectivity index (χ0) is 19.9. The van der Waals surface area contributed by atoms with Crippen LogP contribution in [0.25, 0.3) is 0 Å². The van der Waals surface area contributed by atoms with Gasteiger partial charge in [-0.25, -0.2) is 0 Å². The van der Waals surface area contributed by atoms with Crippen LogP contribution in [-0.4, -0.2) is 56.5 Å². The van der Waals surface area contributed by atoms with Crippen LogP contribution in [0.2, 0.25) is 0 Å². The molecule has 28 heavy (non-hydrogen) atoms. The molecule has 2 aliphatic rings. The number of nitrogens with one attached hydrogen (secondary N) is 2. The molecule has 2 fully saturated rings. The van der Waals surface area contributed by atoms with E-state index in [0.717, 1.165) is 37.6 Å². The van der Waals surface area contributed by atoms with Crippen molar-refractivity contribution in [2.75, 3.05) is 34.4 Å². The Kier molecular flexibility index (Phi) is 7.62. The van der Waals surface area contributed by atoms with Gasteiger partial charge in [-0.2, -0.15) is 0 Å². The van der Waals surface area contributed by atoms with Crippen molar-refractivity contribution in [2.45, 2.75) is 57.2 Å². The van der Waals surface area contributed by atoms with Crippen LogP contribution in [0, 0.1) is 0 Å². The van der Waals surface area contributed by atoms with Crippen LogP contribution in [0.3, 0.4) is 0 Å². The molecular formula is C21H33N3O3S. The number of thiocarbonyl (C=S) groups is 1. The Hall–Kier alpha value is -1.73. The highest BCUT2D eigenvalue weighted by molar-refractivity contribution is 7.80. The van der Waals surface area contributed by atoms with Crippen molar-refractivity contribution in [3.05, 3.63) is 17.7 Å². The number of ether oxygens (including phenoxy) is 3. The summed E-state index contributed by atoms with van der Waals surface area (Å²) in [5.74, 6) is 2.05. The van der Waals surface area contributed by atoms with Gasteiger partial charge in [0, 0.05) is 31.7 Å². The summed E-state index contributed by atoms with van der Waals surface area (Å²) in [6.45, 7) is 2.95. The number of methoxy groups -OCH3 is 3. The Morgan fingerprint density at radius 1 is 0.929 bits per heavy atom. The monoisotopic (exact) mass is 407 g/mol. The number of nitrogens with zero attached hydrogens (tertiary/aromatic N) is 1. The van der Waals surface area contributed by atoms with Gasteiger partial charge in [0.2, 0.25) is 5.75 Å². The summed E-state index contributed by atoms with van der Waals surface area (Å²) >= 11 is 5.51.